The Bertz CT molecular complexity index is 240. The van der Waals surface area contributed by atoms with E-state index in [-0.39, 0.29) is 5.82 Å². The summed E-state index contributed by atoms with van der Waals surface area (Å²) in [6.07, 6.45) is 2.63. The third kappa shape index (κ3) is 3.24. The van der Waals surface area contributed by atoms with Crippen LogP contribution in [0.3, 0.4) is 0 Å². The lowest BCUT2D eigenvalue weighted by Gasteiger charge is -2.00. The normalized spacial score (nSPS) is 10.2. The second kappa shape index (κ2) is 5.17. The first-order valence-electron chi connectivity index (χ1n) is 3.73. The van der Waals surface area contributed by atoms with Gasteiger partial charge in [-0.05, 0) is 36.2 Å². The van der Waals surface area contributed by atoms with Crippen molar-refractivity contribution in [3.05, 3.63) is 35.6 Å². The van der Waals surface area contributed by atoms with E-state index in [9.17, 15) is 4.39 Å². The van der Waals surface area contributed by atoms with Gasteiger partial charge in [-0.1, -0.05) is 12.1 Å². The minimum atomic E-state index is -0.184. The molecule has 0 aromatic heterocycles. The first-order valence-corrected chi connectivity index (χ1v) is 4.88. The Morgan fingerprint density at radius 1 is 1.50 bits per heavy atom. The molecule has 0 amide bonds. The van der Waals surface area contributed by atoms with E-state index in [0.717, 1.165) is 12.0 Å². The van der Waals surface area contributed by atoms with E-state index in [1.807, 2.05) is 12.3 Å². The maximum Gasteiger partial charge on any atom is 0.123 e. The molecule has 0 saturated heterocycles. The summed E-state index contributed by atoms with van der Waals surface area (Å²) < 4.78 is 17.7. The van der Waals surface area contributed by atoms with Gasteiger partial charge in [0.25, 0.3) is 0 Å². The lowest BCUT2D eigenvalue weighted by Crippen LogP contribution is -1.93. The predicted molar refractivity (Wildman–Crippen MR) is 49.6 cm³/mol. The molecule has 0 atom stereocenters. The summed E-state index contributed by atoms with van der Waals surface area (Å²) in [6, 6.07) is 6.58. The smallest absolute Gasteiger partial charge is 0.123 e. The first kappa shape index (κ1) is 9.55. The van der Waals surface area contributed by atoms with Crippen LogP contribution in [0.1, 0.15) is 5.56 Å². The van der Waals surface area contributed by atoms with E-state index in [1.54, 1.807) is 6.07 Å². The predicted octanol–water partition coefficient (Wildman–Crippen LogP) is 2.66. The average molecular weight is 186 g/mol. The van der Waals surface area contributed by atoms with E-state index < -0.39 is 0 Å². The first-order chi connectivity index (χ1) is 5.83. The van der Waals surface area contributed by atoms with Gasteiger partial charge < -0.3 is 4.18 Å². The van der Waals surface area contributed by atoms with Crippen molar-refractivity contribution >= 4 is 12.0 Å². The molecule has 0 N–H and O–H groups in total. The van der Waals surface area contributed by atoms with Gasteiger partial charge in [-0.3, -0.25) is 0 Å². The zero-order valence-electron chi connectivity index (χ0n) is 6.92. The molecule has 1 aromatic carbocycles. The van der Waals surface area contributed by atoms with Crippen LogP contribution in [0.5, 0.6) is 0 Å². The summed E-state index contributed by atoms with van der Waals surface area (Å²) in [5, 5.41) is 0. The van der Waals surface area contributed by atoms with Crippen LogP contribution in [-0.4, -0.2) is 12.9 Å². The lowest BCUT2D eigenvalue weighted by molar-refractivity contribution is 0.381. The average Bonchev–Trinajstić information content (AvgIpc) is 2.05. The SMILES string of the molecule is CSOCCc1cccc(F)c1. The van der Waals surface area contributed by atoms with Crippen LogP contribution in [0.25, 0.3) is 0 Å². The molecule has 66 valence electrons. The second-order valence-corrected chi connectivity index (χ2v) is 2.94. The Hall–Kier alpha value is -0.540. The van der Waals surface area contributed by atoms with Gasteiger partial charge in [-0.25, -0.2) is 4.39 Å². The molecule has 1 rings (SSSR count). The number of rotatable bonds is 4. The molecule has 12 heavy (non-hydrogen) atoms. The summed E-state index contributed by atoms with van der Waals surface area (Å²) in [6.45, 7) is 0.630. The topological polar surface area (TPSA) is 9.23 Å². The van der Waals surface area contributed by atoms with Gasteiger partial charge >= 0.3 is 0 Å². The monoisotopic (exact) mass is 186 g/mol. The molecule has 0 aliphatic rings. The van der Waals surface area contributed by atoms with E-state index in [0.29, 0.717) is 6.61 Å². The number of halogens is 1. The van der Waals surface area contributed by atoms with Crippen molar-refractivity contribution in [3.63, 3.8) is 0 Å². The summed E-state index contributed by atoms with van der Waals surface area (Å²) in [5.41, 5.74) is 0.976. The standard InChI is InChI=1S/C9H11FOS/c1-12-11-6-5-8-3-2-4-9(10)7-8/h2-4,7H,5-6H2,1H3. The van der Waals surface area contributed by atoms with Crippen LogP contribution in [0.15, 0.2) is 24.3 Å². The van der Waals surface area contributed by atoms with Crippen molar-refractivity contribution < 1.29 is 8.57 Å². The highest BCUT2D eigenvalue weighted by molar-refractivity contribution is 7.93. The highest BCUT2D eigenvalue weighted by atomic mass is 32.2. The van der Waals surface area contributed by atoms with E-state index >= 15 is 0 Å². The molecule has 0 fully saturated rings. The van der Waals surface area contributed by atoms with Crippen molar-refractivity contribution in [2.75, 3.05) is 12.9 Å². The Morgan fingerprint density at radius 2 is 2.33 bits per heavy atom. The van der Waals surface area contributed by atoms with Crippen LogP contribution < -0.4 is 0 Å². The summed E-state index contributed by atoms with van der Waals surface area (Å²) in [5.74, 6) is -0.184. The fraction of sp³-hybridized carbons (Fsp3) is 0.333. The Labute approximate surface area is 76.1 Å². The van der Waals surface area contributed by atoms with Gasteiger partial charge in [-0.2, -0.15) is 0 Å². The largest absolute Gasteiger partial charge is 0.315 e. The molecule has 0 aliphatic heterocycles. The van der Waals surface area contributed by atoms with Gasteiger partial charge in [0.05, 0.1) is 6.61 Å². The Kier molecular flexibility index (Phi) is 4.11. The number of hydrogen-bond donors (Lipinski definition) is 0. The molecular weight excluding hydrogens is 175 g/mol. The maximum absolute atomic E-state index is 12.6. The summed E-state index contributed by atoms with van der Waals surface area (Å²) >= 11 is 1.33. The van der Waals surface area contributed by atoms with Crippen molar-refractivity contribution in [1.82, 2.24) is 0 Å². The molecule has 3 heteroatoms. The van der Waals surface area contributed by atoms with Gasteiger partial charge in [0.2, 0.25) is 0 Å². The van der Waals surface area contributed by atoms with Crippen LogP contribution in [0.2, 0.25) is 0 Å². The molecule has 0 saturated carbocycles. The molecule has 0 bridgehead atoms. The van der Waals surface area contributed by atoms with Crippen LogP contribution in [-0.2, 0) is 10.6 Å². The van der Waals surface area contributed by atoms with Crippen molar-refractivity contribution in [2.45, 2.75) is 6.42 Å². The quantitative estimate of drug-likeness (QED) is 0.528. The molecule has 1 nitrogen and oxygen atoms in total. The second-order valence-electron chi connectivity index (χ2n) is 2.37. The van der Waals surface area contributed by atoms with Crippen molar-refractivity contribution in [2.24, 2.45) is 0 Å². The van der Waals surface area contributed by atoms with Crippen LogP contribution in [0, 0.1) is 5.82 Å². The van der Waals surface area contributed by atoms with E-state index in [1.165, 1.54) is 24.2 Å². The third-order valence-electron chi connectivity index (χ3n) is 1.48. The zero-order valence-corrected chi connectivity index (χ0v) is 7.73. The van der Waals surface area contributed by atoms with E-state index in [2.05, 4.69) is 0 Å². The fourth-order valence-electron chi connectivity index (χ4n) is 0.935. The fourth-order valence-corrected chi connectivity index (χ4v) is 1.19. The Morgan fingerprint density at radius 3 is 3.00 bits per heavy atom. The zero-order chi connectivity index (χ0) is 8.81. The van der Waals surface area contributed by atoms with Gasteiger partial charge in [-0.15, -0.1) is 0 Å². The third-order valence-corrected chi connectivity index (χ3v) is 1.88. The molecular formula is C9H11FOS. The van der Waals surface area contributed by atoms with Crippen molar-refractivity contribution in [3.8, 4) is 0 Å². The van der Waals surface area contributed by atoms with Crippen LogP contribution >= 0.6 is 12.0 Å². The van der Waals surface area contributed by atoms with Gasteiger partial charge in [0, 0.05) is 6.26 Å². The molecule has 0 heterocycles. The molecule has 0 unspecified atom stereocenters. The number of benzene rings is 1. The van der Waals surface area contributed by atoms with E-state index in [4.69, 9.17) is 4.18 Å². The highest BCUT2D eigenvalue weighted by Gasteiger charge is 1.94. The number of hydrogen-bond acceptors (Lipinski definition) is 2. The minimum absolute atomic E-state index is 0.184. The summed E-state index contributed by atoms with van der Waals surface area (Å²) in [4.78, 5) is 0. The van der Waals surface area contributed by atoms with Gasteiger partial charge in [0.1, 0.15) is 5.82 Å². The molecule has 1 aromatic rings. The lowest BCUT2D eigenvalue weighted by atomic mass is 10.2. The maximum atomic E-state index is 12.6. The minimum Gasteiger partial charge on any atom is -0.315 e. The van der Waals surface area contributed by atoms with Crippen molar-refractivity contribution in [1.29, 1.82) is 0 Å². The molecule has 0 radical (unpaired) electrons. The molecule has 0 aliphatic carbocycles. The molecule has 0 spiro atoms. The highest BCUT2D eigenvalue weighted by Crippen LogP contribution is 2.05. The van der Waals surface area contributed by atoms with Gasteiger partial charge in [0.15, 0.2) is 0 Å². The van der Waals surface area contributed by atoms with Crippen LogP contribution in [0.4, 0.5) is 4.39 Å². The Balaban J connectivity index is 2.41. The summed E-state index contributed by atoms with van der Waals surface area (Å²) in [7, 11) is 0.